The van der Waals surface area contributed by atoms with Gasteiger partial charge in [-0.2, -0.15) is 0 Å². The molecule has 0 aromatic carbocycles. The molecule has 4 rings (SSSR count). The lowest BCUT2D eigenvalue weighted by Crippen LogP contribution is -2.55. The number of hydrogen-bond acceptors (Lipinski definition) is 6. The average molecular weight is 481 g/mol. The van der Waals surface area contributed by atoms with Crippen molar-refractivity contribution in [3.05, 3.63) is 0 Å². The Labute approximate surface area is 205 Å². The number of aliphatic hydroxyl groups is 4. The van der Waals surface area contributed by atoms with Gasteiger partial charge >= 0.3 is 5.97 Å². The van der Waals surface area contributed by atoms with Gasteiger partial charge < -0.3 is 25.2 Å². The Hall–Kier alpha value is -0.690. The van der Waals surface area contributed by atoms with E-state index in [2.05, 4.69) is 34.6 Å². The third kappa shape index (κ3) is 4.05. The molecule has 34 heavy (non-hydrogen) atoms. The van der Waals surface area contributed by atoms with Crippen LogP contribution in [0.3, 0.4) is 0 Å². The van der Waals surface area contributed by atoms with Crippen molar-refractivity contribution < 1.29 is 30.0 Å². The van der Waals surface area contributed by atoms with E-state index in [4.69, 9.17) is 4.74 Å². The van der Waals surface area contributed by atoms with E-state index in [1.165, 1.54) is 0 Å². The summed E-state index contributed by atoms with van der Waals surface area (Å²) in [5, 5.41) is 42.9. The van der Waals surface area contributed by atoms with Crippen molar-refractivity contribution in [3.63, 3.8) is 0 Å². The highest BCUT2D eigenvalue weighted by atomic mass is 16.5. The summed E-state index contributed by atoms with van der Waals surface area (Å²) >= 11 is 0. The zero-order chi connectivity index (χ0) is 25.2. The van der Waals surface area contributed by atoms with Crippen molar-refractivity contribution in [2.75, 3.05) is 6.61 Å². The van der Waals surface area contributed by atoms with Crippen molar-refractivity contribution in [3.8, 4) is 0 Å². The third-order valence-electron chi connectivity index (χ3n) is 11.5. The Morgan fingerprint density at radius 3 is 2.21 bits per heavy atom. The molecule has 0 spiro atoms. The second-order valence-corrected chi connectivity index (χ2v) is 13.3. The Balaban J connectivity index is 1.58. The van der Waals surface area contributed by atoms with Crippen LogP contribution in [-0.4, -0.2) is 57.4 Å². The molecule has 6 heteroatoms. The molecule has 6 nitrogen and oxygen atoms in total. The van der Waals surface area contributed by atoms with E-state index < -0.39 is 24.4 Å². The lowest BCUT2D eigenvalue weighted by atomic mass is 9.48. The zero-order valence-electron chi connectivity index (χ0n) is 22.0. The number of rotatable bonds is 5. The molecule has 0 aromatic heterocycles. The van der Waals surface area contributed by atoms with E-state index in [1.54, 1.807) is 0 Å². The Bertz CT molecular complexity index is 755. The van der Waals surface area contributed by atoms with Gasteiger partial charge in [-0.1, -0.05) is 41.5 Å². The molecule has 196 valence electrons. The first-order chi connectivity index (χ1) is 15.8. The summed E-state index contributed by atoms with van der Waals surface area (Å²) in [6, 6.07) is 0. The summed E-state index contributed by atoms with van der Waals surface area (Å²) in [4.78, 5) is 13.0. The van der Waals surface area contributed by atoms with Crippen molar-refractivity contribution in [1.29, 1.82) is 0 Å². The van der Waals surface area contributed by atoms with Crippen molar-refractivity contribution in [1.82, 2.24) is 0 Å². The molecule has 0 amide bonds. The summed E-state index contributed by atoms with van der Waals surface area (Å²) in [7, 11) is 0. The first-order valence-corrected chi connectivity index (χ1v) is 13.7. The summed E-state index contributed by atoms with van der Waals surface area (Å²) in [6.45, 7) is 13.2. The molecular formula is C28H48O6. The molecule has 4 aliphatic rings. The Morgan fingerprint density at radius 2 is 1.56 bits per heavy atom. The number of carbonyl (C=O) groups is 1. The highest BCUT2D eigenvalue weighted by Gasteiger charge is 2.63. The molecule has 4 N–H and O–H groups in total. The third-order valence-corrected chi connectivity index (χ3v) is 11.5. The van der Waals surface area contributed by atoms with E-state index in [0.29, 0.717) is 30.8 Å². The average Bonchev–Trinajstić information content (AvgIpc) is 3.09. The second-order valence-electron chi connectivity index (χ2n) is 13.3. The maximum absolute atomic E-state index is 13.0. The minimum atomic E-state index is -0.867. The van der Waals surface area contributed by atoms with Gasteiger partial charge in [0.05, 0.1) is 36.9 Å². The van der Waals surface area contributed by atoms with Crippen LogP contribution in [0.15, 0.2) is 0 Å². The SMILES string of the molecule is CC(C)[C@H](C)[C@@H](O)[C@H](O)[C@@H](C)C1CC[C@H]2C3COC(=O)[C@H]4C[C@H](O)[C@H](O)C[C@]4(C)C3CC[C@]12C. The fourth-order valence-corrected chi connectivity index (χ4v) is 8.95. The zero-order valence-corrected chi connectivity index (χ0v) is 22.0. The van der Waals surface area contributed by atoms with Gasteiger partial charge in [-0.3, -0.25) is 4.79 Å². The first-order valence-electron chi connectivity index (χ1n) is 13.7. The van der Waals surface area contributed by atoms with Crippen LogP contribution in [0.5, 0.6) is 0 Å². The standard InChI is InChI=1S/C28H48O6/c1-14(2)15(3)24(31)25(32)16(4)18-7-8-19-17-13-34-26(33)21-11-22(29)23(30)12-28(21,6)20(17)9-10-27(18,19)5/h14-25,29-32H,7-13H2,1-6H3/t15-,16-,17?,18?,19-,20?,21+,22-,23+,24+,25+,27+,28+/m0/s1. The van der Waals surface area contributed by atoms with Gasteiger partial charge in [-0.15, -0.1) is 0 Å². The van der Waals surface area contributed by atoms with Crippen LogP contribution in [0.2, 0.25) is 0 Å². The molecular weight excluding hydrogens is 432 g/mol. The van der Waals surface area contributed by atoms with Gasteiger partial charge in [-0.05, 0) is 90.8 Å². The molecule has 1 heterocycles. The van der Waals surface area contributed by atoms with Crippen molar-refractivity contribution in [2.45, 2.75) is 104 Å². The van der Waals surface area contributed by atoms with Crippen LogP contribution in [-0.2, 0) is 9.53 Å². The number of esters is 1. The number of fused-ring (bicyclic) bond motifs is 5. The minimum absolute atomic E-state index is 0.00827. The smallest absolute Gasteiger partial charge is 0.309 e. The molecule has 1 aliphatic heterocycles. The number of hydrogen-bond donors (Lipinski definition) is 4. The Kier molecular flexibility index (Phi) is 7.23. The van der Waals surface area contributed by atoms with E-state index in [0.717, 1.165) is 25.7 Å². The van der Waals surface area contributed by atoms with Crippen LogP contribution in [0.1, 0.15) is 80.1 Å². The highest BCUT2D eigenvalue weighted by molar-refractivity contribution is 5.74. The van der Waals surface area contributed by atoms with Gasteiger partial charge in [0, 0.05) is 0 Å². The number of carbonyl (C=O) groups excluding carboxylic acids is 1. The lowest BCUT2D eigenvalue weighted by Gasteiger charge is -2.56. The summed E-state index contributed by atoms with van der Waals surface area (Å²) in [6.07, 6.45) is 1.61. The quantitative estimate of drug-likeness (QED) is 0.450. The molecule has 4 fully saturated rings. The monoisotopic (exact) mass is 480 g/mol. The van der Waals surface area contributed by atoms with Crippen LogP contribution < -0.4 is 0 Å². The van der Waals surface area contributed by atoms with Crippen LogP contribution in [0.25, 0.3) is 0 Å². The molecule has 0 radical (unpaired) electrons. The summed E-state index contributed by atoms with van der Waals surface area (Å²) < 4.78 is 5.86. The normalized spacial score (nSPS) is 48.1. The Morgan fingerprint density at radius 1 is 0.912 bits per heavy atom. The molecule has 0 bridgehead atoms. The molecule has 3 saturated carbocycles. The molecule has 3 aliphatic carbocycles. The lowest BCUT2D eigenvalue weighted by molar-refractivity contribution is -0.162. The predicted molar refractivity (Wildman–Crippen MR) is 130 cm³/mol. The van der Waals surface area contributed by atoms with Gasteiger partial charge in [-0.25, -0.2) is 0 Å². The van der Waals surface area contributed by atoms with Crippen LogP contribution in [0.4, 0.5) is 0 Å². The van der Waals surface area contributed by atoms with Crippen LogP contribution in [0, 0.1) is 58.2 Å². The number of aliphatic hydroxyl groups excluding tert-OH is 4. The fraction of sp³-hybridized carbons (Fsp3) is 0.964. The predicted octanol–water partition coefficient (Wildman–Crippen LogP) is 3.39. The van der Waals surface area contributed by atoms with E-state index in [9.17, 15) is 25.2 Å². The number of cyclic esters (lactones) is 1. The van der Waals surface area contributed by atoms with E-state index in [-0.39, 0.29) is 52.8 Å². The second kappa shape index (κ2) is 9.32. The van der Waals surface area contributed by atoms with Crippen molar-refractivity contribution in [2.24, 2.45) is 58.2 Å². The molecule has 13 atom stereocenters. The van der Waals surface area contributed by atoms with E-state index in [1.807, 2.05) is 6.92 Å². The van der Waals surface area contributed by atoms with Gasteiger partial charge in [0.2, 0.25) is 0 Å². The maximum atomic E-state index is 13.0. The van der Waals surface area contributed by atoms with Gasteiger partial charge in [0.1, 0.15) is 0 Å². The maximum Gasteiger partial charge on any atom is 0.309 e. The highest BCUT2D eigenvalue weighted by Crippen LogP contribution is 2.66. The van der Waals surface area contributed by atoms with Gasteiger partial charge in [0.25, 0.3) is 0 Å². The summed E-state index contributed by atoms with van der Waals surface area (Å²) in [5.41, 5.74) is -0.345. The van der Waals surface area contributed by atoms with Gasteiger partial charge in [0.15, 0.2) is 0 Å². The van der Waals surface area contributed by atoms with Crippen LogP contribution >= 0.6 is 0 Å². The minimum Gasteiger partial charge on any atom is -0.465 e. The molecule has 3 unspecified atom stereocenters. The summed E-state index contributed by atoms with van der Waals surface area (Å²) in [5.74, 6) is 0.948. The molecule has 0 aromatic rings. The van der Waals surface area contributed by atoms with Crippen molar-refractivity contribution >= 4 is 5.97 Å². The fourth-order valence-electron chi connectivity index (χ4n) is 8.95. The van der Waals surface area contributed by atoms with E-state index >= 15 is 0 Å². The largest absolute Gasteiger partial charge is 0.465 e. The number of ether oxygens (including phenoxy) is 1. The molecule has 1 saturated heterocycles. The first kappa shape index (κ1) is 26.4. The topological polar surface area (TPSA) is 107 Å².